The maximum atomic E-state index is 13.8. The summed E-state index contributed by atoms with van der Waals surface area (Å²) >= 11 is 3.25. The second kappa shape index (κ2) is 8.81. The highest BCUT2D eigenvalue weighted by Gasteiger charge is 2.24. The van der Waals surface area contributed by atoms with Gasteiger partial charge in [-0.1, -0.05) is 22.0 Å². The number of methoxy groups -OCH3 is 1. The topological polar surface area (TPSA) is 66.9 Å². The third-order valence-electron chi connectivity index (χ3n) is 3.94. The van der Waals surface area contributed by atoms with Gasteiger partial charge in [0.15, 0.2) is 11.6 Å². The van der Waals surface area contributed by atoms with Crippen molar-refractivity contribution in [1.82, 2.24) is 9.21 Å². The molecule has 9 heteroatoms. The van der Waals surface area contributed by atoms with Crippen LogP contribution in [0.4, 0.5) is 4.39 Å². The molecule has 0 spiro atoms. The van der Waals surface area contributed by atoms with Crippen LogP contribution in [-0.2, 0) is 21.4 Å². The lowest BCUT2D eigenvalue weighted by Gasteiger charge is -2.22. The van der Waals surface area contributed by atoms with Gasteiger partial charge in [0.25, 0.3) is 0 Å². The molecule has 146 valence electrons. The van der Waals surface area contributed by atoms with E-state index in [1.165, 1.54) is 50.4 Å². The Bertz CT molecular complexity index is 919. The van der Waals surface area contributed by atoms with Crippen molar-refractivity contribution in [1.29, 1.82) is 0 Å². The van der Waals surface area contributed by atoms with Crippen molar-refractivity contribution >= 4 is 31.9 Å². The zero-order chi connectivity index (χ0) is 20.2. The number of rotatable bonds is 7. The Morgan fingerprint density at radius 3 is 2.33 bits per heavy atom. The lowest BCUT2D eigenvalue weighted by atomic mass is 10.2. The predicted octanol–water partition coefficient (Wildman–Crippen LogP) is 2.88. The van der Waals surface area contributed by atoms with Crippen molar-refractivity contribution < 1.29 is 22.3 Å². The average molecular weight is 459 g/mol. The number of likely N-dealkylation sites (N-methyl/N-ethyl adjacent to an activating group) is 2. The third kappa shape index (κ3) is 5.27. The van der Waals surface area contributed by atoms with Crippen LogP contribution in [-0.4, -0.2) is 51.3 Å². The van der Waals surface area contributed by atoms with Crippen LogP contribution in [0.1, 0.15) is 5.56 Å². The highest BCUT2D eigenvalue weighted by molar-refractivity contribution is 9.10. The first-order valence-electron chi connectivity index (χ1n) is 7.93. The molecule has 0 aliphatic rings. The lowest BCUT2D eigenvalue weighted by Crippen LogP contribution is -2.39. The first-order chi connectivity index (χ1) is 12.6. The van der Waals surface area contributed by atoms with Crippen LogP contribution in [0.25, 0.3) is 0 Å². The van der Waals surface area contributed by atoms with Gasteiger partial charge < -0.3 is 9.64 Å². The summed E-state index contributed by atoms with van der Waals surface area (Å²) < 4.78 is 45.5. The number of halogens is 2. The van der Waals surface area contributed by atoms with Crippen LogP contribution in [0.3, 0.4) is 0 Å². The van der Waals surface area contributed by atoms with Crippen LogP contribution in [0.15, 0.2) is 51.8 Å². The molecule has 0 heterocycles. The Morgan fingerprint density at radius 1 is 1.15 bits per heavy atom. The van der Waals surface area contributed by atoms with Crippen molar-refractivity contribution in [2.24, 2.45) is 0 Å². The summed E-state index contributed by atoms with van der Waals surface area (Å²) in [6.45, 7) is -0.181. The average Bonchev–Trinajstić information content (AvgIpc) is 2.62. The number of ether oxygens (including phenoxy) is 1. The molecule has 0 bridgehead atoms. The van der Waals surface area contributed by atoms with E-state index < -0.39 is 21.7 Å². The van der Waals surface area contributed by atoms with E-state index in [4.69, 9.17) is 4.74 Å². The molecule has 0 radical (unpaired) electrons. The molecule has 0 atom stereocenters. The molecule has 2 aromatic rings. The van der Waals surface area contributed by atoms with Crippen LogP contribution in [0.2, 0.25) is 0 Å². The van der Waals surface area contributed by atoms with Crippen LogP contribution in [0, 0.1) is 5.82 Å². The maximum Gasteiger partial charge on any atom is 0.243 e. The Hall–Kier alpha value is -1.97. The largest absolute Gasteiger partial charge is 0.494 e. The summed E-state index contributed by atoms with van der Waals surface area (Å²) in [5, 5.41) is 0. The zero-order valence-corrected chi connectivity index (χ0v) is 17.5. The Labute approximate surface area is 166 Å². The summed E-state index contributed by atoms with van der Waals surface area (Å²) in [7, 11) is 0.462. The lowest BCUT2D eigenvalue weighted by molar-refractivity contribution is -0.130. The molecule has 0 saturated heterocycles. The van der Waals surface area contributed by atoms with Gasteiger partial charge in [-0.3, -0.25) is 4.79 Å². The number of benzene rings is 2. The van der Waals surface area contributed by atoms with Crippen molar-refractivity contribution in [2.75, 3.05) is 27.7 Å². The number of carbonyl (C=O) groups excluding carboxylic acids is 1. The zero-order valence-electron chi connectivity index (χ0n) is 15.1. The fourth-order valence-corrected chi connectivity index (χ4v) is 3.74. The van der Waals surface area contributed by atoms with Gasteiger partial charge in [0.2, 0.25) is 15.9 Å². The smallest absolute Gasteiger partial charge is 0.243 e. The number of hydrogen-bond acceptors (Lipinski definition) is 4. The van der Waals surface area contributed by atoms with Crippen LogP contribution < -0.4 is 4.74 Å². The quantitative estimate of drug-likeness (QED) is 0.639. The highest BCUT2D eigenvalue weighted by atomic mass is 79.9. The molecule has 0 aliphatic carbocycles. The molecule has 0 aliphatic heterocycles. The monoisotopic (exact) mass is 458 g/mol. The molecule has 27 heavy (non-hydrogen) atoms. The first kappa shape index (κ1) is 21.3. The Morgan fingerprint density at radius 2 is 1.78 bits per heavy atom. The van der Waals surface area contributed by atoms with E-state index in [1.807, 2.05) is 0 Å². The van der Waals surface area contributed by atoms with Gasteiger partial charge in [-0.15, -0.1) is 0 Å². The van der Waals surface area contributed by atoms with Gasteiger partial charge in [0, 0.05) is 25.1 Å². The van der Waals surface area contributed by atoms with Crippen molar-refractivity contribution in [3.8, 4) is 5.75 Å². The van der Waals surface area contributed by atoms with E-state index in [0.29, 0.717) is 5.56 Å². The summed E-state index contributed by atoms with van der Waals surface area (Å²) in [6.07, 6.45) is 0. The fraction of sp³-hybridized carbons (Fsp3) is 0.278. The number of carbonyl (C=O) groups is 1. The maximum absolute atomic E-state index is 13.8. The van der Waals surface area contributed by atoms with Gasteiger partial charge >= 0.3 is 0 Å². The van der Waals surface area contributed by atoms with Gasteiger partial charge in [0.1, 0.15) is 0 Å². The molecule has 2 rings (SSSR count). The fourth-order valence-electron chi connectivity index (χ4n) is 2.35. The molecule has 0 saturated carbocycles. The van der Waals surface area contributed by atoms with Crippen LogP contribution in [0.5, 0.6) is 5.75 Å². The van der Waals surface area contributed by atoms with Crippen molar-refractivity contribution in [3.05, 3.63) is 58.3 Å². The molecule has 0 fully saturated rings. The van der Waals surface area contributed by atoms with Crippen molar-refractivity contribution in [3.63, 3.8) is 0 Å². The van der Waals surface area contributed by atoms with Gasteiger partial charge in [-0.25, -0.2) is 12.8 Å². The van der Waals surface area contributed by atoms with Gasteiger partial charge in [-0.2, -0.15) is 4.31 Å². The molecule has 6 nitrogen and oxygen atoms in total. The Balaban J connectivity index is 2.04. The summed E-state index contributed by atoms with van der Waals surface area (Å²) in [6, 6.07) is 10.6. The summed E-state index contributed by atoms with van der Waals surface area (Å²) in [5.74, 6) is -0.812. The third-order valence-corrected chi connectivity index (χ3v) is 6.29. The summed E-state index contributed by atoms with van der Waals surface area (Å²) in [4.78, 5) is 13.8. The highest BCUT2D eigenvalue weighted by Crippen LogP contribution is 2.20. The molecule has 2 aromatic carbocycles. The standard InChI is InChI=1S/C18H20BrFN2O4S/c1-21(11-13-4-9-17(26-3)16(20)10-13)18(23)12-22(2)27(24,25)15-7-5-14(19)6-8-15/h4-10H,11-12H2,1-3H3. The SMILES string of the molecule is COc1ccc(CN(C)C(=O)CN(C)S(=O)(=O)c2ccc(Br)cc2)cc1F. The van der Waals surface area contributed by atoms with Gasteiger partial charge in [-0.05, 0) is 42.0 Å². The normalized spacial score (nSPS) is 11.5. The minimum atomic E-state index is -3.78. The minimum Gasteiger partial charge on any atom is -0.494 e. The first-order valence-corrected chi connectivity index (χ1v) is 10.2. The van der Waals surface area contributed by atoms with Crippen molar-refractivity contribution in [2.45, 2.75) is 11.4 Å². The Kier molecular flexibility index (Phi) is 6.96. The molecule has 0 aromatic heterocycles. The second-order valence-corrected chi connectivity index (χ2v) is 8.89. The van der Waals surface area contributed by atoms with E-state index in [9.17, 15) is 17.6 Å². The van der Waals surface area contributed by atoms with Gasteiger partial charge in [0.05, 0.1) is 18.6 Å². The van der Waals surface area contributed by atoms with Crippen LogP contribution >= 0.6 is 15.9 Å². The van der Waals surface area contributed by atoms with E-state index in [2.05, 4.69) is 15.9 Å². The molecule has 0 unspecified atom stereocenters. The molecular weight excluding hydrogens is 439 g/mol. The number of hydrogen-bond donors (Lipinski definition) is 0. The number of nitrogens with zero attached hydrogens (tertiary/aromatic N) is 2. The number of sulfonamides is 1. The van der Waals surface area contributed by atoms with E-state index in [0.717, 1.165) is 8.78 Å². The molecule has 0 N–H and O–H groups in total. The number of amides is 1. The van der Waals surface area contributed by atoms with E-state index in [-0.39, 0.29) is 23.7 Å². The molecule has 1 amide bonds. The summed E-state index contributed by atoms with van der Waals surface area (Å²) in [5.41, 5.74) is 0.572. The van der Waals surface area contributed by atoms with E-state index >= 15 is 0 Å². The predicted molar refractivity (Wildman–Crippen MR) is 103 cm³/mol. The molecular formula is C18H20BrFN2O4S. The minimum absolute atomic E-state index is 0.0980. The second-order valence-electron chi connectivity index (χ2n) is 5.93. The van der Waals surface area contributed by atoms with E-state index in [1.54, 1.807) is 18.2 Å².